The molecule has 2 rings (SSSR count). The Hall–Kier alpha value is -2.15. The van der Waals surface area contributed by atoms with Gasteiger partial charge in [-0.1, -0.05) is 0 Å². The van der Waals surface area contributed by atoms with Gasteiger partial charge in [0, 0.05) is 10.9 Å². The molecule has 0 spiro atoms. The summed E-state index contributed by atoms with van der Waals surface area (Å²) in [5.41, 5.74) is 0.988. The predicted molar refractivity (Wildman–Crippen MR) is 67.3 cm³/mol. The molecule has 0 aliphatic rings. The number of hydrogen-bond acceptors (Lipinski definition) is 4. The predicted octanol–water partition coefficient (Wildman–Crippen LogP) is 2.04. The summed E-state index contributed by atoms with van der Waals surface area (Å²) in [5, 5.41) is 17.3. The van der Waals surface area contributed by atoms with Gasteiger partial charge in [-0.2, -0.15) is 5.10 Å². The molecule has 0 aliphatic heterocycles. The molecule has 0 aromatic carbocycles. The summed E-state index contributed by atoms with van der Waals surface area (Å²) >= 11 is 1.39. The molecule has 0 bridgehead atoms. The lowest BCUT2D eigenvalue weighted by Gasteiger charge is -1.97. The summed E-state index contributed by atoms with van der Waals surface area (Å²) in [7, 11) is 0. The molecule has 0 fully saturated rings. The summed E-state index contributed by atoms with van der Waals surface area (Å²) in [6.45, 7) is 3.87. The number of hydrogen-bond donors (Lipinski definition) is 3. The maximum Gasteiger partial charge on any atom is 0.353 e. The van der Waals surface area contributed by atoms with Crippen LogP contribution in [-0.4, -0.2) is 27.2 Å². The highest BCUT2D eigenvalue weighted by molar-refractivity contribution is 7.14. The van der Waals surface area contributed by atoms with Gasteiger partial charge in [0.05, 0.1) is 4.88 Å². The molecule has 6 nitrogen and oxygen atoms in total. The first-order valence-electron chi connectivity index (χ1n) is 5.14. The number of amides is 1. The van der Waals surface area contributed by atoms with Crippen molar-refractivity contribution < 1.29 is 14.7 Å². The third-order valence-corrected chi connectivity index (χ3v) is 3.59. The molecule has 0 atom stereocenters. The number of carboxylic acids is 1. The van der Waals surface area contributed by atoms with Gasteiger partial charge in [-0.05, 0) is 25.5 Å². The van der Waals surface area contributed by atoms with Gasteiger partial charge in [-0.15, -0.1) is 11.3 Å². The zero-order valence-corrected chi connectivity index (χ0v) is 10.6. The van der Waals surface area contributed by atoms with Crippen molar-refractivity contribution in [3.8, 4) is 0 Å². The average molecular weight is 265 g/mol. The minimum Gasteiger partial charge on any atom is -0.477 e. The molecule has 3 N–H and O–H groups in total. The van der Waals surface area contributed by atoms with Crippen molar-refractivity contribution in [1.82, 2.24) is 10.2 Å². The normalized spacial score (nSPS) is 10.3. The molecule has 0 unspecified atom stereocenters. The molecule has 2 heterocycles. The van der Waals surface area contributed by atoms with Gasteiger partial charge in [-0.3, -0.25) is 9.89 Å². The fraction of sp³-hybridized carbons (Fsp3) is 0.182. The van der Waals surface area contributed by atoms with Crippen LogP contribution in [-0.2, 0) is 0 Å². The number of aromatic carboxylic acids is 1. The number of aromatic nitrogens is 2. The first-order valence-corrected chi connectivity index (χ1v) is 5.96. The molecular formula is C11H11N3O3S. The summed E-state index contributed by atoms with van der Waals surface area (Å²) in [5.74, 6) is -1.22. The minimum atomic E-state index is -1.12. The topological polar surface area (TPSA) is 95.1 Å². The number of carbonyl (C=O) groups is 2. The van der Waals surface area contributed by atoms with E-state index in [1.807, 2.05) is 13.8 Å². The fourth-order valence-electron chi connectivity index (χ4n) is 1.36. The third-order valence-electron chi connectivity index (χ3n) is 2.44. The molecule has 2 aromatic heterocycles. The van der Waals surface area contributed by atoms with Gasteiger partial charge in [0.1, 0.15) is 5.69 Å². The standard InChI is InChI=1S/C11H11N3O3S/c1-5-3-8(18-6(5)2)10(15)12-9-4-7(11(16)17)13-14-9/h3-4H,1-2H3,(H,16,17)(H2,12,13,14,15). The van der Waals surface area contributed by atoms with Gasteiger partial charge in [-0.25, -0.2) is 4.79 Å². The second-order valence-electron chi connectivity index (χ2n) is 3.78. The Bertz CT molecular complexity index is 595. The Morgan fingerprint density at radius 2 is 2.11 bits per heavy atom. The molecule has 7 heteroatoms. The smallest absolute Gasteiger partial charge is 0.353 e. The van der Waals surface area contributed by atoms with E-state index >= 15 is 0 Å². The van der Waals surface area contributed by atoms with E-state index in [0.717, 1.165) is 10.4 Å². The van der Waals surface area contributed by atoms with Crippen LogP contribution >= 0.6 is 11.3 Å². The van der Waals surface area contributed by atoms with E-state index in [2.05, 4.69) is 15.5 Å². The Balaban J connectivity index is 2.13. The first kappa shape index (κ1) is 12.3. The lowest BCUT2D eigenvalue weighted by atomic mass is 10.3. The van der Waals surface area contributed by atoms with Crippen LogP contribution in [0.15, 0.2) is 12.1 Å². The molecule has 1 amide bonds. The lowest BCUT2D eigenvalue weighted by Crippen LogP contribution is -2.10. The number of nitrogens with zero attached hydrogens (tertiary/aromatic N) is 1. The Morgan fingerprint density at radius 1 is 1.39 bits per heavy atom. The number of nitrogens with one attached hydrogen (secondary N) is 2. The highest BCUT2D eigenvalue weighted by atomic mass is 32.1. The van der Waals surface area contributed by atoms with Crippen molar-refractivity contribution in [3.05, 3.63) is 33.1 Å². The lowest BCUT2D eigenvalue weighted by molar-refractivity contribution is 0.0690. The monoisotopic (exact) mass is 265 g/mol. The van der Waals surface area contributed by atoms with Crippen molar-refractivity contribution in [2.24, 2.45) is 0 Å². The maximum absolute atomic E-state index is 11.9. The highest BCUT2D eigenvalue weighted by Gasteiger charge is 2.13. The van der Waals surface area contributed by atoms with E-state index in [4.69, 9.17) is 5.11 Å². The van der Waals surface area contributed by atoms with Crippen LogP contribution in [0.25, 0.3) is 0 Å². The van der Waals surface area contributed by atoms with Crippen LogP contribution in [0.5, 0.6) is 0 Å². The van der Waals surface area contributed by atoms with Gasteiger partial charge >= 0.3 is 5.97 Å². The SMILES string of the molecule is Cc1cc(C(=O)Nc2cc(C(=O)O)[nH]n2)sc1C. The quantitative estimate of drug-likeness (QED) is 0.791. The largest absolute Gasteiger partial charge is 0.477 e. The number of aryl methyl sites for hydroxylation is 2. The van der Waals surface area contributed by atoms with Crippen LogP contribution < -0.4 is 5.32 Å². The van der Waals surface area contributed by atoms with Gasteiger partial charge in [0.25, 0.3) is 5.91 Å². The number of anilines is 1. The van der Waals surface area contributed by atoms with Gasteiger partial charge in [0.15, 0.2) is 5.82 Å². The van der Waals surface area contributed by atoms with Crippen molar-refractivity contribution in [3.63, 3.8) is 0 Å². The first-order chi connectivity index (χ1) is 8.47. The number of rotatable bonds is 3. The van der Waals surface area contributed by atoms with E-state index in [1.54, 1.807) is 6.07 Å². The Labute approximate surface area is 107 Å². The summed E-state index contributed by atoms with van der Waals surface area (Å²) < 4.78 is 0. The van der Waals surface area contributed by atoms with E-state index in [1.165, 1.54) is 17.4 Å². The van der Waals surface area contributed by atoms with Crippen LogP contribution in [0.3, 0.4) is 0 Å². The van der Waals surface area contributed by atoms with Crippen molar-refractivity contribution in [2.45, 2.75) is 13.8 Å². The van der Waals surface area contributed by atoms with Crippen LogP contribution in [0.1, 0.15) is 30.6 Å². The van der Waals surface area contributed by atoms with E-state index in [-0.39, 0.29) is 17.4 Å². The molecule has 0 radical (unpaired) electrons. The van der Waals surface area contributed by atoms with E-state index in [9.17, 15) is 9.59 Å². The minimum absolute atomic E-state index is 0.0659. The van der Waals surface area contributed by atoms with Crippen molar-refractivity contribution in [1.29, 1.82) is 0 Å². The van der Waals surface area contributed by atoms with Crippen molar-refractivity contribution in [2.75, 3.05) is 5.32 Å². The molecule has 94 valence electrons. The average Bonchev–Trinajstić information content (AvgIpc) is 2.87. The summed E-state index contributed by atoms with van der Waals surface area (Å²) in [4.78, 5) is 24.1. The van der Waals surface area contributed by atoms with Crippen molar-refractivity contribution >= 4 is 29.0 Å². The van der Waals surface area contributed by atoms with Crippen LogP contribution in [0, 0.1) is 13.8 Å². The van der Waals surface area contributed by atoms with Crippen LogP contribution in [0.4, 0.5) is 5.82 Å². The maximum atomic E-state index is 11.9. The molecule has 0 saturated heterocycles. The Kier molecular flexibility index (Phi) is 3.15. The van der Waals surface area contributed by atoms with E-state index in [0.29, 0.717) is 4.88 Å². The molecule has 0 aliphatic carbocycles. The zero-order chi connectivity index (χ0) is 13.3. The third kappa shape index (κ3) is 2.40. The molecule has 0 saturated carbocycles. The number of carbonyl (C=O) groups excluding carboxylic acids is 1. The molecular weight excluding hydrogens is 254 g/mol. The molecule has 18 heavy (non-hydrogen) atoms. The van der Waals surface area contributed by atoms with E-state index < -0.39 is 5.97 Å². The second-order valence-corrected chi connectivity index (χ2v) is 5.03. The fourth-order valence-corrected chi connectivity index (χ4v) is 2.29. The summed E-state index contributed by atoms with van der Waals surface area (Å²) in [6, 6.07) is 3.06. The zero-order valence-electron chi connectivity index (χ0n) is 9.77. The van der Waals surface area contributed by atoms with Gasteiger partial charge < -0.3 is 10.4 Å². The number of H-pyrrole nitrogens is 1. The summed E-state index contributed by atoms with van der Waals surface area (Å²) in [6.07, 6.45) is 0. The number of aromatic amines is 1. The Morgan fingerprint density at radius 3 is 2.61 bits per heavy atom. The van der Waals surface area contributed by atoms with Crippen LogP contribution in [0.2, 0.25) is 0 Å². The number of thiophene rings is 1. The van der Waals surface area contributed by atoms with Gasteiger partial charge in [0.2, 0.25) is 0 Å². The number of carboxylic acid groups (broad SMARTS) is 1. The second kappa shape index (κ2) is 4.61. The highest BCUT2D eigenvalue weighted by Crippen LogP contribution is 2.21. The molecule has 2 aromatic rings.